The van der Waals surface area contributed by atoms with Crippen molar-refractivity contribution in [1.29, 1.82) is 0 Å². The molecule has 1 fully saturated rings. The highest BCUT2D eigenvalue weighted by molar-refractivity contribution is 7.80. The van der Waals surface area contributed by atoms with Gasteiger partial charge in [0.15, 0.2) is 5.11 Å². The fourth-order valence-corrected chi connectivity index (χ4v) is 4.04. The number of thiophene rings is 1. The van der Waals surface area contributed by atoms with Crippen LogP contribution in [-0.2, 0) is 6.42 Å². The molecule has 2 nitrogen and oxygen atoms in total. The summed E-state index contributed by atoms with van der Waals surface area (Å²) in [5.74, 6) is 0. The summed E-state index contributed by atoms with van der Waals surface area (Å²) in [6.45, 7) is 1.97. The maximum atomic E-state index is 5.60. The van der Waals surface area contributed by atoms with Gasteiger partial charge >= 0.3 is 0 Å². The highest BCUT2D eigenvalue weighted by atomic mass is 32.1. The van der Waals surface area contributed by atoms with E-state index < -0.39 is 0 Å². The molecule has 1 aromatic carbocycles. The molecule has 21 heavy (non-hydrogen) atoms. The van der Waals surface area contributed by atoms with Gasteiger partial charge in [0.25, 0.3) is 0 Å². The molecule has 2 aromatic rings. The summed E-state index contributed by atoms with van der Waals surface area (Å²) < 4.78 is 0. The molecule has 1 aromatic heterocycles. The minimum absolute atomic E-state index is 0.474. The van der Waals surface area contributed by atoms with Crippen molar-refractivity contribution < 1.29 is 0 Å². The number of hydrogen-bond acceptors (Lipinski definition) is 2. The van der Waals surface area contributed by atoms with Crippen LogP contribution in [0.1, 0.15) is 29.3 Å². The molecule has 0 radical (unpaired) electrons. The normalized spacial score (nSPS) is 17.9. The largest absolute Gasteiger partial charge is 0.362 e. The fourth-order valence-electron chi connectivity index (χ4n) is 2.85. The van der Waals surface area contributed by atoms with Crippen LogP contribution in [0, 0.1) is 0 Å². The van der Waals surface area contributed by atoms with E-state index in [4.69, 9.17) is 12.2 Å². The van der Waals surface area contributed by atoms with Crippen LogP contribution in [0.2, 0.25) is 0 Å². The Balaban J connectivity index is 1.53. The number of thiocarbonyl (C=S) groups is 1. The lowest BCUT2D eigenvalue weighted by Crippen LogP contribution is -2.39. The van der Waals surface area contributed by atoms with Crippen LogP contribution in [0.15, 0.2) is 47.8 Å². The van der Waals surface area contributed by atoms with E-state index in [1.165, 1.54) is 23.3 Å². The molecule has 0 unspecified atom stereocenters. The molecule has 0 saturated carbocycles. The number of rotatable bonds is 4. The Morgan fingerprint density at radius 1 is 1.24 bits per heavy atom. The fraction of sp³-hybridized carbons (Fsp3) is 0.353. The third kappa shape index (κ3) is 3.63. The Morgan fingerprint density at radius 2 is 2.10 bits per heavy atom. The lowest BCUT2D eigenvalue weighted by molar-refractivity contribution is 0.399. The van der Waals surface area contributed by atoms with Gasteiger partial charge in [-0.15, -0.1) is 11.3 Å². The molecule has 1 atom stereocenters. The summed E-state index contributed by atoms with van der Waals surface area (Å²) in [4.78, 5) is 3.78. The van der Waals surface area contributed by atoms with E-state index in [2.05, 4.69) is 58.1 Å². The summed E-state index contributed by atoms with van der Waals surface area (Å²) in [5.41, 5.74) is 1.35. The Labute approximate surface area is 135 Å². The molecule has 0 aliphatic carbocycles. The van der Waals surface area contributed by atoms with Crippen molar-refractivity contribution in [1.82, 2.24) is 10.2 Å². The zero-order valence-corrected chi connectivity index (χ0v) is 13.6. The number of benzene rings is 1. The van der Waals surface area contributed by atoms with Crippen molar-refractivity contribution in [3.8, 4) is 0 Å². The van der Waals surface area contributed by atoms with Crippen LogP contribution in [0.4, 0.5) is 0 Å². The standard InChI is InChI=1S/C17H20N2S2/c20-17(18-11-10-14-6-2-1-3-7-14)19-12-4-8-15(19)16-9-5-13-21-16/h1-3,5-7,9,13,15H,4,8,10-12H2,(H,18,20)/t15-/m0/s1. The third-order valence-electron chi connectivity index (χ3n) is 3.92. The molecule has 0 spiro atoms. The van der Waals surface area contributed by atoms with E-state index in [1.54, 1.807) is 0 Å². The first-order valence-corrected chi connectivity index (χ1v) is 8.75. The van der Waals surface area contributed by atoms with Gasteiger partial charge in [-0.25, -0.2) is 0 Å². The molecule has 0 bridgehead atoms. The van der Waals surface area contributed by atoms with Gasteiger partial charge in [0, 0.05) is 18.0 Å². The second kappa shape index (κ2) is 7.05. The number of nitrogens with zero attached hydrogens (tertiary/aromatic N) is 1. The number of nitrogens with one attached hydrogen (secondary N) is 1. The van der Waals surface area contributed by atoms with Crippen LogP contribution in [-0.4, -0.2) is 23.1 Å². The average Bonchev–Trinajstić information content (AvgIpc) is 3.19. The molecule has 3 rings (SSSR count). The SMILES string of the molecule is S=C(NCCc1ccccc1)N1CCC[C@H]1c1cccs1. The van der Waals surface area contributed by atoms with Gasteiger partial charge in [-0.2, -0.15) is 0 Å². The molecule has 4 heteroatoms. The summed E-state index contributed by atoms with van der Waals surface area (Å²) >= 11 is 7.43. The molecular weight excluding hydrogens is 296 g/mol. The highest BCUT2D eigenvalue weighted by Crippen LogP contribution is 2.34. The Bertz CT molecular complexity index is 566. The molecule has 1 aliphatic rings. The Morgan fingerprint density at radius 3 is 2.86 bits per heavy atom. The lowest BCUT2D eigenvalue weighted by atomic mass is 10.1. The molecule has 1 N–H and O–H groups in total. The summed E-state index contributed by atoms with van der Waals surface area (Å²) in [5, 5.41) is 6.48. The van der Waals surface area contributed by atoms with Gasteiger partial charge in [0.2, 0.25) is 0 Å². The van der Waals surface area contributed by atoms with Crippen LogP contribution < -0.4 is 5.32 Å². The van der Waals surface area contributed by atoms with Crippen molar-refractivity contribution in [2.24, 2.45) is 0 Å². The maximum Gasteiger partial charge on any atom is 0.169 e. The Hall–Kier alpha value is -1.39. The first kappa shape index (κ1) is 14.5. The Kier molecular flexibility index (Phi) is 4.88. The smallest absolute Gasteiger partial charge is 0.169 e. The van der Waals surface area contributed by atoms with Crippen molar-refractivity contribution >= 4 is 28.7 Å². The summed E-state index contributed by atoms with van der Waals surface area (Å²) in [6, 6.07) is 15.4. The molecule has 1 saturated heterocycles. The van der Waals surface area contributed by atoms with Crippen LogP contribution in [0.3, 0.4) is 0 Å². The van der Waals surface area contributed by atoms with Crippen molar-refractivity contribution in [2.45, 2.75) is 25.3 Å². The maximum absolute atomic E-state index is 5.60. The zero-order chi connectivity index (χ0) is 14.5. The summed E-state index contributed by atoms with van der Waals surface area (Å²) in [6.07, 6.45) is 3.45. The molecule has 1 aliphatic heterocycles. The quantitative estimate of drug-likeness (QED) is 0.858. The third-order valence-corrected chi connectivity index (χ3v) is 5.27. The zero-order valence-electron chi connectivity index (χ0n) is 12.0. The first-order valence-electron chi connectivity index (χ1n) is 7.46. The monoisotopic (exact) mass is 316 g/mol. The van der Waals surface area contributed by atoms with Crippen molar-refractivity contribution in [2.75, 3.05) is 13.1 Å². The van der Waals surface area contributed by atoms with Crippen molar-refractivity contribution in [3.05, 3.63) is 58.3 Å². The van der Waals surface area contributed by atoms with Crippen LogP contribution in [0.5, 0.6) is 0 Å². The minimum atomic E-state index is 0.474. The van der Waals surface area contributed by atoms with Gasteiger partial charge in [0.1, 0.15) is 0 Å². The van der Waals surface area contributed by atoms with Crippen LogP contribution in [0.25, 0.3) is 0 Å². The average molecular weight is 316 g/mol. The molecule has 0 amide bonds. The lowest BCUT2D eigenvalue weighted by Gasteiger charge is -2.27. The number of hydrogen-bond donors (Lipinski definition) is 1. The van der Waals surface area contributed by atoms with Gasteiger partial charge < -0.3 is 10.2 Å². The van der Waals surface area contributed by atoms with E-state index in [0.717, 1.165) is 24.6 Å². The van der Waals surface area contributed by atoms with E-state index in [-0.39, 0.29) is 0 Å². The molecular formula is C17H20N2S2. The second-order valence-electron chi connectivity index (χ2n) is 5.33. The highest BCUT2D eigenvalue weighted by Gasteiger charge is 2.28. The van der Waals surface area contributed by atoms with Gasteiger partial charge in [-0.3, -0.25) is 0 Å². The predicted octanol–water partition coefficient (Wildman–Crippen LogP) is 4.00. The molecule has 2 heterocycles. The van der Waals surface area contributed by atoms with Crippen molar-refractivity contribution in [3.63, 3.8) is 0 Å². The van der Waals surface area contributed by atoms with E-state index in [0.29, 0.717) is 6.04 Å². The van der Waals surface area contributed by atoms with Gasteiger partial charge in [0.05, 0.1) is 6.04 Å². The van der Waals surface area contributed by atoms with E-state index >= 15 is 0 Å². The number of likely N-dealkylation sites (tertiary alicyclic amines) is 1. The van der Waals surface area contributed by atoms with Gasteiger partial charge in [-0.1, -0.05) is 36.4 Å². The van der Waals surface area contributed by atoms with E-state index in [9.17, 15) is 0 Å². The van der Waals surface area contributed by atoms with E-state index in [1.807, 2.05) is 11.3 Å². The summed E-state index contributed by atoms with van der Waals surface area (Å²) in [7, 11) is 0. The molecule has 110 valence electrons. The second-order valence-corrected chi connectivity index (χ2v) is 6.70. The van der Waals surface area contributed by atoms with Crippen LogP contribution >= 0.6 is 23.6 Å². The first-order chi connectivity index (χ1) is 10.3. The minimum Gasteiger partial charge on any atom is -0.362 e. The predicted molar refractivity (Wildman–Crippen MR) is 93.7 cm³/mol. The van der Waals surface area contributed by atoms with Gasteiger partial charge in [-0.05, 0) is 48.5 Å². The topological polar surface area (TPSA) is 15.3 Å².